The largest absolute Gasteiger partial charge is 0.453 e. The van der Waals surface area contributed by atoms with Crippen molar-refractivity contribution < 1.29 is 18.3 Å². The van der Waals surface area contributed by atoms with Gasteiger partial charge < -0.3 is 21.1 Å². The fraction of sp³-hybridized carbons (Fsp3) is 0.367. The molecule has 1 saturated carbocycles. The number of anilines is 2. The number of carbonyl (C=O) groups excluding carboxylic acids is 1. The van der Waals surface area contributed by atoms with Crippen LogP contribution < -0.4 is 16.4 Å². The van der Waals surface area contributed by atoms with Gasteiger partial charge in [0.2, 0.25) is 5.95 Å². The van der Waals surface area contributed by atoms with Gasteiger partial charge in [-0.2, -0.15) is 14.9 Å². The second kappa shape index (κ2) is 11.3. The van der Waals surface area contributed by atoms with Gasteiger partial charge in [0.1, 0.15) is 11.6 Å². The van der Waals surface area contributed by atoms with Crippen LogP contribution in [0.4, 0.5) is 25.2 Å². The van der Waals surface area contributed by atoms with Gasteiger partial charge >= 0.3 is 6.09 Å². The quantitative estimate of drug-likeness (QED) is 0.286. The number of benzene rings is 1. The second-order valence-corrected chi connectivity index (χ2v) is 11.2. The summed E-state index contributed by atoms with van der Waals surface area (Å²) in [7, 11) is 1.32. The molecule has 0 spiro atoms. The molecular weight excluding hydrogens is 542 g/mol. The van der Waals surface area contributed by atoms with Gasteiger partial charge in [-0.1, -0.05) is 6.92 Å². The zero-order chi connectivity index (χ0) is 30.2. The topological polar surface area (TPSA) is 143 Å². The van der Waals surface area contributed by atoms with Crippen LogP contribution in [0.1, 0.15) is 50.7 Å². The predicted molar refractivity (Wildman–Crippen MR) is 153 cm³/mol. The molecule has 1 aliphatic rings. The minimum absolute atomic E-state index is 0.0718. The normalized spacial score (nSPS) is 20.6. The van der Waals surface area contributed by atoms with Crippen molar-refractivity contribution in [1.29, 1.82) is 5.26 Å². The van der Waals surface area contributed by atoms with Gasteiger partial charge in [0.25, 0.3) is 0 Å². The van der Waals surface area contributed by atoms with Crippen LogP contribution in [0.15, 0.2) is 48.9 Å². The number of rotatable bonds is 6. The van der Waals surface area contributed by atoms with Gasteiger partial charge in [0.05, 0.1) is 53.4 Å². The highest BCUT2D eigenvalue weighted by molar-refractivity contribution is 5.68. The zero-order valence-electron chi connectivity index (χ0n) is 23.7. The molecule has 0 aliphatic heterocycles. The summed E-state index contributed by atoms with van der Waals surface area (Å²) in [5, 5.41) is 20.0. The van der Waals surface area contributed by atoms with Crippen molar-refractivity contribution in [1.82, 2.24) is 24.9 Å². The number of halogens is 2. The number of hydrogen-bond donors (Lipinski definition) is 3. The summed E-state index contributed by atoms with van der Waals surface area (Å²) >= 11 is 0. The lowest BCUT2D eigenvalue weighted by atomic mass is 9.73. The van der Waals surface area contributed by atoms with E-state index in [1.165, 1.54) is 29.8 Å². The Labute approximate surface area is 241 Å². The van der Waals surface area contributed by atoms with Gasteiger partial charge in [0.15, 0.2) is 0 Å². The van der Waals surface area contributed by atoms with E-state index in [1.807, 2.05) is 13.0 Å². The second-order valence-electron chi connectivity index (χ2n) is 11.2. The number of imidazole rings is 1. The smallest absolute Gasteiger partial charge is 0.407 e. The number of fused-ring (bicyclic) bond motifs is 1. The molecule has 0 saturated heterocycles. The molecule has 4 atom stereocenters. The average Bonchev–Trinajstić information content (AvgIpc) is 3.36. The molecule has 3 aromatic heterocycles. The van der Waals surface area contributed by atoms with E-state index < -0.39 is 23.1 Å². The molecule has 1 aliphatic carbocycles. The summed E-state index contributed by atoms with van der Waals surface area (Å²) in [6.45, 7) is 5.24. The first-order chi connectivity index (χ1) is 20.0. The van der Waals surface area contributed by atoms with E-state index in [4.69, 9.17) is 10.5 Å². The third kappa shape index (κ3) is 5.47. The number of pyridine rings is 1. The number of nitrogens with two attached hydrogens (primary N) is 1. The Morgan fingerprint density at radius 1 is 1.19 bits per heavy atom. The summed E-state index contributed by atoms with van der Waals surface area (Å²) in [6.07, 6.45) is 5.87. The molecule has 1 fully saturated rings. The minimum atomic E-state index is -1.06. The van der Waals surface area contributed by atoms with Crippen LogP contribution in [0.25, 0.3) is 16.8 Å². The maximum Gasteiger partial charge on any atom is 0.407 e. The number of hydrogen-bond acceptors (Lipinski definition) is 8. The van der Waals surface area contributed by atoms with E-state index in [1.54, 1.807) is 38.5 Å². The Morgan fingerprint density at radius 2 is 1.93 bits per heavy atom. The summed E-state index contributed by atoms with van der Waals surface area (Å²) < 4.78 is 36.6. The number of nitriles is 1. The highest BCUT2D eigenvalue weighted by Gasteiger charge is 2.36. The van der Waals surface area contributed by atoms with E-state index in [0.717, 1.165) is 12.0 Å². The van der Waals surface area contributed by atoms with Crippen LogP contribution in [0, 0.1) is 28.9 Å². The Bertz CT molecular complexity index is 1650. The van der Waals surface area contributed by atoms with Crippen molar-refractivity contribution >= 4 is 23.2 Å². The number of aromatic nitrogens is 4. The Hall–Kier alpha value is -4.63. The van der Waals surface area contributed by atoms with Crippen LogP contribution >= 0.6 is 0 Å². The number of ether oxygens (including phenoxy) is 1. The Morgan fingerprint density at radius 3 is 2.60 bits per heavy atom. The lowest BCUT2D eigenvalue weighted by molar-refractivity contribution is 0.149. The minimum Gasteiger partial charge on any atom is -0.453 e. The maximum atomic E-state index is 15.2. The lowest BCUT2D eigenvalue weighted by Crippen LogP contribution is -2.54. The summed E-state index contributed by atoms with van der Waals surface area (Å²) in [4.78, 5) is 20.5. The lowest BCUT2D eigenvalue weighted by Gasteiger charge is -2.39. The number of alkyl carbamates (subject to hydrolysis) is 1. The standard InChI is InChI=1S/C30H32F2N8O2/c1-16-9-17(10-23(34)27(16)38-29(41)42-4)20-7-8-35-14-25(20)37-28-36-13-19-5-6-24(39-40(19)28)26-21(31)11-18(12-22(26)32)30(2,3)15-33/h5-8,11-14,16-17,23,27H,9-10,34H2,1-4H3,(H,36,37)(H,38,41)/t16-,17+,23+,27-/m0/s1. The van der Waals surface area contributed by atoms with E-state index in [2.05, 4.69) is 31.8 Å². The number of carbonyl (C=O) groups is 1. The summed E-state index contributed by atoms with van der Waals surface area (Å²) in [6, 6.07) is 9.02. The Balaban J connectivity index is 1.45. The van der Waals surface area contributed by atoms with E-state index in [0.29, 0.717) is 23.6 Å². The predicted octanol–water partition coefficient (Wildman–Crippen LogP) is 5.18. The van der Waals surface area contributed by atoms with Gasteiger partial charge in [-0.25, -0.2) is 18.6 Å². The van der Waals surface area contributed by atoms with Gasteiger partial charge in [-0.05, 0) is 80.0 Å². The van der Waals surface area contributed by atoms with Crippen molar-refractivity contribution in [2.45, 2.75) is 57.0 Å². The SMILES string of the molecule is COC(=O)N[C@@H]1[C@H](N)C[C@H](c2ccncc2Nc2ncc3ccc(-c4c(F)cc(C(C)(C)C#N)cc4F)nn23)C[C@@H]1C. The summed E-state index contributed by atoms with van der Waals surface area (Å²) in [5.74, 6) is -1.13. The van der Waals surface area contributed by atoms with Crippen molar-refractivity contribution in [3.05, 3.63) is 71.7 Å². The monoisotopic (exact) mass is 574 g/mol. The highest BCUT2D eigenvalue weighted by Crippen LogP contribution is 2.39. The van der Waals surface area contributed by atoms with Crippen LogP contribution in [-0.4, -0.2) is 44.9 Å². The van der Waals surface area contributed by atoms with Gasteiger partial charge in [-0.3, -0.25) is 4.98 Å². The van der Waals surface area contributed by atoms with Crippen molar-refractivity contribution in [2.24, 2.45) is 11.7 Å². The molecular formula is C30H32F2N8O2. The van der Waals surface area contributed by atoms with E-state index >= 15 is 8.78 Å². The molecule has 12 heteroatoms. The molecule has 5 rings (SSSR count). The molecule has 0 radical (unpaired) electrons. The first kappa shape index (κ1) is 28.9. The fourth-order valence-corrected chi connectivity index (χ4v) is 5.62. The van der Waals surface area contributed by atoms with Crippen LogP contribution in [0.3, 0.4) is 0 Å². The molecule has 3 heterocycles. The van der Waals surface area contributed by atoms with Crippen molar-refractivity contribution in [3.63, 3.8) is 0 Å². The zero-order valence-corrected chi connectivity index (χ0v) is 23.7. The van der Waals surface area contributed by atoms with Gasteiger partial charge in [0, 0.05) is 18.3 Å². The van der Waals surface area contributed by atoms with Gasteiger partial charge in [-0.15, -0.1) is 0 Å². The molecule has 4 aromatic rings. The van der Waals surface area contributed by atoms with Crippen LogP contribution in [-0.2, 0) is 10.2 Å². The number of nitrogens with one attached hydrogen (secondary N) is 2. The number of methoxy groups -OCH3 is 1. The summed E-state index contributed by atoms with van der Waals surface area (Å²) in [5.41, 5.74) is 7.73. The molecule has 4 N–H and O–H groups in total. The first-order valence-corrected chi connectivity index (χ1v) is 13.6. The molecule has 0 unspecified atom stereocenters. The van der Waals surface area contributed by atoms with Crippen molar-refractivity contribution in [3.8, 4) is 17.3 Å². The third-order valence-corrected chi connectivity index (χ3v) is 7.98. The Kier molecular flexibility index (Phi) is 7.79. The maximum absolute atomic E-state index is 15.2. The molecule has 10 nitrogen and oxygen atoms in total. The third-order valence-electron chi connectivity index (χ3n) is 7.98. The molecule has 1 amide bonds. The highest BCUT2D eigenvalue weighted by atomic mass is 19.1. The molecule has 0 bridgehead atoms. The van der Waals surface area contributed by atoms with E-state index in [9.17, 15) is 10.1 Å². The average molecular weight is 575 g/mol. The van der Waals surface area contributed by atoms with Crippen molar-refractivity contribution in [2.75, 3.05) is 12.4 Å². The first-order valence-electron chi connectivity index (χ1n) is 13.6. The fourth-order valence-electron chi connectivity index (χ4n) is 5.62. The molecule has 42 heavy (non-hydrogen) atoms. The van der Waals surface area contributed by atoms with Crippen LogP contribution in [0.5, 0.6) is 0 Å². The number of nitrogens with zero attached hydrogens (tertiary/aromatic N) is 5. The molecule has 1 aromatic carbocycles. The number of amides is 1. The molecule has 218 valence electrons. The van der Waals surface area contributed by atoms with Crippen LogP contribution in [0.2, 0.25) is 0 Å². The van der Waals surface area contributed by atoms with E-state index in [-0.39, 0.29) is 40.7 Å².